The molecular weight excluding hydrogens is 128 g/mol. The van der Waals surface area contributed by atoms with Crippen LogP contribution in [-0.2, 0) is 4.43 Å². The Morgan fingerprint density at radius 2 is 2.00 bits per heavy atom. The van der Waals surface area contributed by atoms with E-state index in [-0.39, 0.29) is 9.76 Å². The maximum Gasteiger partial charge on any atom is 0.185 e. The Kier molecular flexibility index (Phi) is 4.72. The van der Waals surface area contributed by atoms with Crippen molar-refractivity contribution in [1.29, 1.82) is 0 Å². The van der Waals surface area contributed by atoms with Crippen LogP contribution in [0.2, 0.25) is 0 Å². The van der Waals surface area contributed by atoms with Gasteiger partial charge >= 0.3 is 0 Å². The molecule has 0 saturated heterocycles. The largest absolute Gasteiger partial charge is 0.417 e. The van der Waals surface area contributed by atoms with Crippen molar-refractivity contribution in [2.45, 2.75) is 33.8 Å². The molecule has 1 nitrogen and oxygen atoms in total. The van der Waals surface area contributed by atoms with Crippen LogP contribution in [0.1, 0.15) is 27.7 Å². The van der Waals surface area contributed by atoms with Crippen molar-refractivity contribution in [2.24, 2.45) is 0 Å². The van der Waals surface area contributed by atoms with E-state index in [1.54, 1.807) is 0 Å². The minimum absolute atomic E-state index is 0.346. The zero-order valence-corrected chi connectivity index (χ0v) is 8.18. The lowest BCUT2D eigenvalue weighted by Gasteiger charge is -2.03. The summed E-state index contributed by atoms with van der Waals surface area (Å²) in [6.45, 7) is 8.37. The molecule has 0 aliphatic heterocycles. The molecule has 0 aromatic carbocycles. The highest BCUT2D eigenvalue weighted by Crippen LogP contribution is 1.89. The molecule has 0 heterocycles. The van der Waals surface area contributed by atoms with Gasteiger partial charge in [0.2, 0.25) is 0 Å². The van der Waals surface area contributed by atoms with E-state index < -0.39 is 0 Å². The maximum absolute atomic E-state index is 5.42. The summed E-state index contributed by atoms with van der Waals surface area (Å²) in [4.78, 5) is 0. The molecule has 0 bridgehead atoms. The molecule has 0 rings (SSSR count). The van der Waals surface area contributed by atoms with E-state index in [1.807, 2.05) is 0 Å². The fourth-order valence-corrected chi connectivity index (χ4v) is 1.22. The number of hydrogen-bond donors (Lipinski definition) is 0. The maximum atomic E-state index is 5.42. The lowest BCUT2D eigenvalue weighted by Crippen LogP contribution is -2.04. The van der Waals surface area contributed by atoms with Crippen LogP contribution < -0.4 is 0 Å². The fourth-order valence-electron chi connectivity index (χ4n) is 0.407. The molecule has 2 heteroatoms. The van der Waals surface area contributed by atoms with Crippen molar-refractivity contribution >= 4 is 9.76 Å². The van der Waals surface area contributed by atoms with E-state index in [9.17, 15) is 0 Å². The van der Waals surface area contributed by atoms with E-state index in [4.69, 9.17) is 4.43 Å². The van der Waals surface area contributed by atoms with Gasteiger partial charge in [-0.3, -0.25) is 0 Å². The van der Waals surface area contributed by atoms with E-state index in [0.29, 0.717) is 6.10 Å². The molecule has 0 saturated carbocycles. The third-order valence-corrected chi connectivity index (χ3v) is 2.76. The van der Waals surface area contributed by atoms with Crippen molar-refractivity contribution < 1.29 is 4.43 Å². The van der Waals surface area contributed by atoms with Gasteiger partial charge in [-0.25, -0.2) is 0 Å². The van der Waals surface area contributed by atoms with Crippen LogP contribution in [0.3, 0.4) is 0 Å². The summed E-state index contributed by atoms with van der Waals surface area (Å²) in [6, 6.07) is 0. The molecule has 0 fully saturated rings. The van der Waals surface area contributed by atoms with E-state index in [1.165, 1.54) is 5.57 Å². The minimum Gasteiger partial charge on any atom is -0.417 e. The molecule has 0 spiro atoms. The van der Waals surface area contributed by atoms with Crippen LogP contribution in [0, 0.1) is 0 Å². The first-order valence-electron chi connectivity index (χ1n) is 3.38. The summed E-state index contributed by atoms with van der Waals surface area (Å²) in [5, 5.41) is 0. The zero-order valence-electron chi connectivity index (χ0n) is 6.77. The van der Waals surface area contributed by atoms with E-state index in [2.05, 4.69) is 33.4 Å². The summed E-state index contributed by atoms with van der Waals surface area (Å²) in [7, 11) is -0.346. The van der Waals surface area contributed by atoms with E-state index >= 15 is 0 Å². The molecule has 0 radical (unpaired) electrons. The summed E-state index contributed by atoms with van der Waals surface area (Å²) in [5.74, 6) is 0. The Hall–Kier alpha value is -0.0831. The normalized spacial score (nSPS) is 11.2. The van der Waals surface area contributed by atoms with Crippen LogP contribution in [0.15, 0.2) is 11.3 Å². The number of hydrogen-bond acceptors (Lipinski definition) is 1. The first-order valence-corrected chi connectivity index (χ1v) is 4.77. The second kappa shape index (κ2) is 4.76. The second-order valence-corrected chi connectivity index (χ2v) is 3.74. The van der Waals surface area contributed by atoms with Gasteiger partial charge in [-0.05, 0) is 27.7 Å². The Bertz CT molecular complexity index is 93.1. The van der Waals surface area contributed by atoms with Crippen LogP contribution in [0.4, 0.5) is 0 Å². The van der Waals surface area contributed by atoms with E-state index in [0.717, 1.165) is 0 Å². The third-order valence-electron chi connectivity index (χ3n) is 0.921. The Labute approximate surface area is 60.1 Å². The molecule has 9 heavy (non-hydrogen) atoms. The van der Waals surface area contributed by atoms with Gasteiger partial charge in [-0.1, -0.05) is 11.3 Å². The second-order valence-electron chi connectivity index (χ2n) is 2.66. The molecule has 0 aromatic heterocycles. The van der Waals surface area contributed by atoms with Crippen molar-refractivity contribution in [3.05, 3.63) is 11.3 Å². The molecule has 0 unspecified atom stereocenters. The third kappa shape index (κ3) is 7.92. The topological polar surface area (TPSA) is 9.23 Å². The molecule has 0 atom stereocenters. The molecule has 0 aromatic rings. The smallest absolute Gasteiger partial charge is 0.185 e. The predicted molar refractivity (Wildman–Crippen MR) is 44.2 cm³/mol. The van der Waals surface area contributed by atoms with Gasteiger partial charge in [0.1, 0.15) is 0 Å². The molecule has 0 N–H and O–H groups in total. The monoisotopic (exact) mass is 144 g/mol. The number of rotatable bonds is 3. The first kappa shape index (κ1) is 8.92. The van der Waals surface area contributed by atoms with Crippen LogP contribution in [0.25, 0.3) is 0 Å². The summed E-state index contributed by atoms with van der Waals surface area (Å²) < 4.78 is 5.42. The van der Waals surface area contributed by atoms with Crippen molar-refractivity contribution in [3.8, 4) is 0 Å². The Morgan fingerprint density at radius 3 is 2.33 bits per heavy atom. The Morgan fingerprint density at radius 1 is 1.44 bits per heavy atom. The van der Waals surface area contributed by atoms with Gasteiger partial charge in [-0.2, -0.15) is 0 Å². The lowest BCUT2D eigenvalue weighted by molar-refractivity contribution is 0.260. The first-order chi connectivity index (χ1) is 4.13. The molecule has 54 valence electrons. The average Bonchev–Trinajstić information content (AvgIpc) is 1.63. The van der Waals surface area contributed by atoms with Crippen LogP contribution in [0.5, 0.6) is 0 Å². The molecular formula is C7H16OSi. The predicted octanol–water partition coefficient (Wildman–Crippen LogP) is 1.42. The minimum atomic E-state index is -0.346. The van der Waals surface area contributed by atoms with Crippen LogP contribution >= 0.6 is 0 Å². The molecule has 0 aliphatic carbocycles. The van der Waals surface area contributed by atoms with Crippen molar-refractivity contribution in [3.63, 3.8) is 0 Å². The Balaban J connectivity index is 3.20. The van der Waals surface area contributed by atoms with Gasteiger partial charge in [0, 0.05) is 6.10 Å². The van der Waals surface area contributed by atoms with Gasteiger partial charge in [-0.15, -0.1) is 0 Å². The number of allylic oxidation sites excluding steroid dienone is 1. The van der Waals surface area contributed by atoms with Gasteiger partial charge < -0.3 is 4.43 Å². The quantitative estimate of drug-likeness (QED) is 0.544. The highest BCUT2D eigenvalue weighted by Gasteiger charge is 1.88. The summed E-state index contributed by atoms with van der Waals surface area (Å²) in [6.07, 6.45) is 0.410. The SMILES string of the molecule is CC(C)=C[SiH2]OC(C)C. The van der Waals surface area contributed by atoms with Gasteiger partial charge in [0.15, 0.2) is 9.76 Å². The molecule has 0 aliphatic rings. The summed E-state index contributed by atoms with van der Waals surface area (Å²) >= 11 is 0. The highest BCUT2D eigenvalue weighted by molar-refractivity contribution is 6.34. The van der Waals surface area contributed by atoms with Crippen molar-refractivity contribution in [2.75, 3.05) is 0 Å². The fraction of sp³-hybridized carbons (Fsp3) is 0.714. The highest BCUT2D eigenvalue weighted by atomic mass is 28.2. The lowest BCUT2D eigenvalue weighted by atomic mass is 10.4. The zero-order chi connectivity index (χ0) is 7.28. The van der Waals surface area contributed by atoms with Crippen molar-refractivity contribution in [1.82, 2.24) is 0 Å². The average molecular weight is 144 g/mol. The van der Waals surface area contributed by atoms with Crippen LogP contribution in [-0.4, -0.2) is 15.9 Å². The van der Waals surface area contributed by atoms with Gasteiger partial charge in [0.25, 0.3) is 0 Å². The summed E-state index contributed by atoms with van der Waals surface area (Å²) in [5.41, 5.74) is 3.60. The van der Waals surface area contributed by atoms with Gasteiger partial charge in [0.05, 0.1) is 0 Å². The molecule has 0 amide bonds. The standard InChI is InChI=1S/C7H16OSi/c1-6(2)5-9-8-7(3)4/h5,7H,9H2,1-4H3.